The Hall–Kier alpha value is -2.51. The zero-order chi connectivity index (χ0) is 17.8. The van der Waals surface area contributed by atoms with Crippen molar-refractivity contribution in [2.24, 2.45) is 0 Å². The van der Waals surface area contributed by atoms with Crippen molar-refractivity contribution in [3.63, 3.8) is 0 Å². The summed E-state index contributed by atoms with van der Waals surface area (Å²) in [5.41, 5.74) is 1.73. The molecule has 7 heteroatoms. The van der Waals surface area contributed by atoms with E-state index in [-0.39, 0.29) is 18.6 Å². The lowest BCUT2D eigenvalue weighted by molar-refractivity contribution is -0.108. The van der Waals surface area contributed by atoms with E-state index in [0.717, 1.165) is 11.8 Å². The fraction of sp³-hybridized carbons (Fsp3) is 0.278. The maximum Gasteiger partial charge on any atom is 0.270 e. The first-order valence-corrected chi connectivity index (χ1v) is 9.00. The highest BCUT2D eigenvalue weighted by molar-refractivity contribution is 7.08. The van der Waals surface area contributed by atoms with E-state index >= 15 is 0 Å². The fourth-order valence-corrected chi connectivity index (χ4v) is 3.34. The number of carbonyl (C=O) groups excluding carboxylic acids is 2. The number of hydrogen-bond donors (Lipinski definition) is 2. The van der Waals surface area contributed by atoms with E-state index in [1.807, 2.05) is 23.8 Å². The molecule has 2 atom stereocenters. The van der Waals surface area contributed by atoms with Crippen molar-refractivity contribution in [3.05, 3.63) is 46.6 Å². The molecule has 0 spiro atoms. The quantitative estimate of drug-likeness (QED) is 0.778. The van der Waals surface area contributed by atoms with Crippen LogP contribution in [0, 0.1) is 0 Å². The first kappa shape index (κ1) is 17.3. The average Bonchev–Trinajstić information content (AvgIpc) is 3.23. The number of carbonyl (C=O) groups is 2. The van der Waals surface area contributed by atoms with E-state index in [1.54, 1.807) is 29.0 Å². The van der Waals surface area contributed by atoms with Gasteiger partial charge < -0.3 is 15.2 Å². The lowest BCUT2D eigenvalue weighted by Gasteiger charge is -2.15. The molecule has 130 valence electrons. The summed E-state index contributed by atoms with van der Waals surface area (Å²) in [5, 5.41) is 16.0. The van der Waals surface area contributed by atoms with Gasteiger partial charge in [-0.15, -0.1) is 0 Å². The van der Waals surface area contributed by atoms with Crippen molar-refractivity contribution in [1.82, 2.24) is 14.9 Å². The number of nitrogens with one attached hydrogen (secondary N) is 1. The Morgan fingerprint density at radius 2 is 2.36 bits per heavy atom. The number of allylic oxidation sites excluding steroid dienone is 3. The number of aldehydes is 1. The molecule has 1 amide bonds. The number of hydrogen-bond acceptors (Lipinski definition) is 5. The SMILES string of the molecule is CCC(CO)NC(=O)c1c(-c2ccsc2)nc2n1C=CC=CC2C=O. The highest BCUT2D eigenvalue weighted by atomic mass is 32.1. The maximum atomic E-state index is 12.9. The predicted molar refractivity (Wildman–Crippen MR) is 97.4 cm³/mol. The first-order chi connectivity index (χ1) is 12.2. The maximum absolute atomic E-state index is 12.9. The van der Waals surface area contributed by atoms with Crippen LogP contribution >= 0.6 is 11.3 Å². The van der Waals surface area contributed by atoms with Crippen molar-refractivity contribution in [1.29, 1.82) is 0 Å². The molecule has 2 aromatic heterocycles. The largest absolute Gasteiger partial charge is 0.394 e. The summed E-state index contributed by atoms with van der Waals surface area (Å²) < 4.78 is 1.66. The topological polar surface area (TPSA) is 84.2 Å². The molecule has 0 bridgehead atoms. The lowest BCUT2D eigenvalue weighted by atomic mass is 10.1. The zero-order valence-electron chi connectivity index (χ0n) is 13.8. The van der Waals surface area contributed by atoms with Crippen molar-refractivity contribution < 1.29 is 14.7 Å². The molecule has 0 aliphatic carbocycles. The molecule has 2 aromatic rings. The number of fused-ring (bicyclic) bond motifs is 1. The molecule has 0 aromatic carbocycles. The molecule has 2 N–H and O–H groups in total. The van der Waals surface area contributed by atoms with Crippen LogP contribution in [0.2, 0.25) is 0 Å². The van der Waals surface area contributed by atoms with E-state index in [2.05, 4.69) is 10.3 Å². The summed E-state index contributed by atoms with van der Waals surface area (Å²) in [5.74, 6) is -0.339. The number of rotatable bonds is 6. The highest BCUT2D eigenvalue weighted by Gasteiger charge is 2.28. The van der Waals surface area contributed by atoms with E-state index in [0.29, 0.717) is 23.6 Å². The standard InChI is InChI=1S/C18H19N3O3S/c1-2-14(10-23)19-18(24)16-15(13-6-8-25-11-13)20-17-12(9-22)5-3-4-7-21(16)17/h3-9,11-12,14,23H,2,10H2,1H3,(H,19,24). The second kappa shape index (κ2) is 7.58. The van der Waals surface area contributed by atoms with Crippen LogP contribution in [0.3, 0.4) is 0 Å². The van der Waals surface area contributed by atoms with Crippen molar-refractivity contribution in [2.75, 3.05) is 6.61 Å². The minimum atomic E-state index is -0.520. The van der Waals surface area contributed by atoms with Gasteiger partial charge in [0.2, 0.25) is 0 Å². The highest BCUT2D eigenvalue weighted by Crippen LogP contribution is 2.30. The fourth-order valence-electron chi connectivity index (χ4n) is 2.70. The summed E-state index contributed by atoms with van der Waals surface area (Å²) in [6.07, 6.45) is 8.44. The Morgan fingerprint density at radius 1 is 1.52 bits per heavy atom. The van der Waals surface area contributed by atoms with Gasteiger partial charge in [-0.2, -0.15) is 11.3 Å². The molecule has 3 heterocycles. The summed E-state index contributed by atoms with van der Waals surface area (Å²) in [6.45, 7) is 1.76. The van der Waals surface area contributed by atoms with Crippen LogP contribution in [-0.4, -0.2) is 39.5 Å². The van der Waals surface area contributed by atoms with Gasteiger partial charge in [-0.1, -0.05) is 19.1 Å². The Morgan fingerprint density at radius 3 is 3.00 bits per heavy atom. The molecular weight excluding hydrogens is 338 g/mol. The number of thiophene rings is 1. The van der Waals surface area contributed by atoms with Crippen LogP contribution < -0.4 is 5.32 Å². The Kier molecular flexibility index (Phi) is 5.25. The molecule has 0 radical (unpaired) electrons. The molecule has 1 aliphatic heterocycles. The number of aliphatic hydroxyl groups excluding tert-OH is 1. The molecule has 0 saturated heterocycles. The first-order valence-electron chi connectivity index (χ1n) is 8.06. The minimum Gasteiger partial charge on any atom is -0.394 e. The van der Waals surface area contributed by atoms with Gasteiger partial charge in [-0.3, -0.25) is 9.36 Å². The molecule has 3 rings (SSSR count). The number of aliphatic hydroxyl groups is 1. The number of nitrogens with zero attached hydrogens (tertiary/aromatic N) is 2. The van der Waals surface area contributed by atoms with Crippen LogP contribution in [-0.2, 0) is 4.79 Å². The van der Waals surface area contributed by atoms with Gasteiger partial charge in [0.05, 0.1) is 18.6 Å². The number of amides is 1. The predicted octanol–water partition coefficient (Wildman–Crippen LogP) is 2.44. The van der Waals surface area contributed by atoms with Crippen molar-refractivity contribution in [2.45, 2.75) is 25.3 Å². The summed E-state index contributed by atoms with van der Waals surface area (Å²) in [4.78, 5) is 29.0. The van der Waals surface area contributed by atoms with Crippen molar-refractivity contribution >= 4 is 29.7 Å². The Balaban J connectivity index is 2.13. The number of aromatic nitrogens is 2. The van der Waals surface area contributed by atoms with Gasteiger partial charge in [0, 0.05) is 17.1 Å². The van der Waals surface area contributed by atoms with E-state index < -0.39 is 5.92 Å². The van der Waals surface area contributed by atoms with Gasteiger partial charge in [-0.05, 0) is 23.9 Å². The third kappa shape index (κ3) is 3.33. The average molecular weight is 357 g/mol. The van der Waals surface area contributed by atoms with Gasteiger partial charge in [-0.25, -0.2) is 4.98 Å². The van der Waals surface area contributed by atoms with Gasteiger partial charge >= 0.3 is 0 Å². The van der Waals surface area contributed by atoms with E-state index in [1.165, 1.54) is 11.3 Å². The molecule has 2 unspecified atom stereocenters. The third-order valence-corrected chi connectivity index (χ3v) is 4.79. The van der Waals surface area contributed by atoms with Crippen LogP contribution in [0.1, 0.15) is 35.6 Å². The van der Waals surface area contributed by atoms with Gasteiger partial charge in [0.25, 0.3) is 5.91 Å². The van der Waals surface area contributed by atoms with Crippen LogP contribution in [0.5, 0.6) is 0 Å². The normalized spacial score (nSPS) is 17.0. The van der Waals surface area contributed by atoms with Gasteiger partial charge in [0.15, 0.2) is 0 Å². The molecule has 0 saturated carbocycles. The van der Waals surface area contributed by atoms with Crippen LogP contribution in [0.15, 0.2) is 35.1 Å². The molecular formula is C18H19N3O3S. The summed E-state index contributed by atoms with van der Waals surface area (Å²) in [7, 11) is 0. The van der Waals surface area contributed by atoms with E-state index in [9.17, 15) is 14.7 Å². The monoisotopic (exact) mass is 357 g/mol. The molecule has 0 fully saturated rings. The third-order valence-electron chi connectivity index (χ3n) is 4.11. The summed E-state index contributed by atoms with van der Waals surface area (Å²) >= 11 is 1.51. The zero-order valence-corrected chi connectivity index (χ0v) is 14.6. The second-order valence-electron chi connectivity index (χ2n) is 5.70. The smallest absolute Gasteiger partial charge is 0.270 e. The Bertz CT molecular complexity index is 817. The van der Waals surface area contributed by atoms with Gasteiger partial charge in [0.1, 0.15) is 23.5 Å². The van der Waals surface area contributed by atoms with Crippen molar-refractivity contribution in [3.8, 4) is 11.3 Å². The van der Waals surface area contributed by atoms with Crippen LogP contribution in [0.25, 0.3) is 17.5 Å². The molecule has 25 heavy (non-hydrogen) atoms. The van der Waals surface area contributed by atoms with E-state index in [4.69, 9.17) is 0 Å². The lowest BCUT2D eigenvalue weighted by Crippen LogP contribution is -2.38. The molecule has 6 nitrogen and oxygen atoms in total. The molecule has 1 aliphatic rings. The Labute approximate surface area is 149 Å². The van der Waals surface area contributed by atoms with Crippen LogP contribution in [0.4, 0.5) is 0 Å². The minimum absolute atomic E-state index is 0.134. The number of imidazole rings is 1. The second-order valence-corrected chi connectivity index (χ2v) is 6.48. The summed E-state index contributed by atoms with van der Waals surface area (Å²) in [6, 6.07) is 1.56.